The molecule has 0 N–H and O–H groups in total. The highest BCUT2D eigenvalue weighted by atomic mass is 19.3. The van der Waals surface area contributed by atoms with E-state index < -0.39 is 6.43 Å². The molecule has 0 saturated carbocycles. The van der Waals surface area contributed by atoms with E-state index in [0.29, 0.717) is 5.56 Å². The fraction of sp³-hybridized carbons (Fsp3) is 0.118. The van der Waals surface area contributed by atoms with Gasteiger partial charge in [0.2, 0.25) is 0 Å². The third-order valence-corrected chi connectivity index (χ3v) is 2.99. The van der Waals surface area contributed by atoms with Crippen molar-refractivity contribution in [2.45, 2.75) is 13.0 Å². The molecule has 0 bridgehead atoms. The predicted molar refractivity (Wildman–Crippen MR) is 80.3 cm³/mol. The van der Waals surface area contributed by atoms with Crippen molar-refractivity contribution >= 4 is 12.3 Å². The Morgan fingerprint density at radius 2 is 1.71 bits per heavy atom. The van der Waals surface area contributed by atoms with Crippen LogP contribution in [0, 0.1) is 0 Å². The Morgan fingerprint density at radius 3 is 2.43 bits per heavy atom. The van der Waals surface area contributed by atoms with Crippen LogP contribution in [0.25, 0.3) is 6.08 Å². The zero-order valence-corrected chi connectivity index (χ0v) is 11.4. The van der Waals surface area contributed by atoms with Crippen LogP contribution in [0.3, 0.4) is 0 Å². The van der Waals surface area contributed by atoms with Gasteiger partial charge in [-0.2, -0.15) is 0 Å². The fourth-order valence-electron chi connectivity index (χ4n) is 1.89. The summed E-state index contributed by atoms with van der Waals surface area (Å²) in [4.78, 5) is 5.18. The second-order valence-corrected chi connectivity index (χ2v) is 4.34. The smallest absolute Gasteiger partial charge is 0.264 e. The van der Waals surface area contributed by atoms with Gasteiger partial charge in [-0.1, -0.05) is 66.3 Å². The van der Waals surface area contributed by atoms with Gasteiger partial charge in [-0.05, 0) is 11.1 Å². The van der Waals surface area contributed by atoms with Crippen molar-refractivity contribution in [1.82, 2.24) is 0 Å². The first-order chi connectivity index (χ1) is 10.2. The summed E-state index contributed by atoms with van der Waals surface area (Å²) in [5.41, 5.74) is 2.19. The molecule has 0 aliphatic rings. The van der Waals surface area contributed by atoms with Gasteiger partial charge in [0.15, 0.2) is 0 Å². The molecule has 2 rings (SSSR count). The number of alkyl halides is 2. The number of hydrogen-bond donors (Lipinski definition) is 0. The van der Waals surface area contributed by atoms with Crippen LogP contribution in [0.2, 0.25) is 0 Å². The van der Waals surface area contributed by atoms with Crippen molar-refractivity contribution in [3.05, 3.63) is 77.4 Å². The average molecular weight is 287 g/mol. The standard InChI is InChI=1S/C17H15F2NO/c1-2-13-7-3-4-9-15(13)12-21-20-11-14-8-5-6-10-16(14)17(18)19/h2-11,17H,1,12H2. The SMILES string of the molecule is C=Cc1ccccc1CON=Cc1ccccc1C(F)F. The summed E-state index contributed by atoms with van der Waals surface area (Å²) < 4.78 is 25.6. The molecule has 2 nitrogen and oxygen atoms in total. The van der Waals surface area contributed by atoms with E-state index in [9.17, 15) is 8.78 Å². The van der Waals surface area contributed by atoms with E-state index >= 15 is 0 Å². The first-order valence-electron chi connectivity index (χ1n) is 6.45. The van der Waals surface area contributed by atoms with Crippen LogP contribution in [-0.4, -0.2) is 6.21 Å². The number of oxime groups is 1. The third kappa shape index (κ3) is 3.99. The number of benzene rings is 2. The van der Waals surface area contributed by atoms with Crippen LogP contribution < -0.4 is 0 Å². The lowest BCUT2D eigenvalue weighted by Gasteiger charge is -2.05. The first kappa shape index (κ1) is 14.9. The lowest BCUT2D eigenvalue weighted by Crippen LogP contribution is -1.95. The molecule has 4 heteroatoms. The van der Waals surface area contributed by atoms with E-state index in [1.54, 1.807) is 24.3 Å². The molecule has 0 fully saturated rings. The summed E-state index contributed by atoms with van der Waals surface area (Å²) in [5.74, 6) is 0. The van der Waals surface area contributed by atoms with Gasteiger partial charge in [-0.25, -0.2) is 8.78 Å². The van der Waals surface area contributed by atoms with Gasteiger partial charge in [-0.3, -0.25) is 0 Å². The Hall–Kier alpha value is -2.49. The summed E-state index contributed by atoms with van der Waals surface area (Å²) in [6, 6.07) is 13.8. The molecule has 0 aliphatic carbocycles. The average Bonchev–Trinajstić information content (AvgIpc) is 2.52. The highest BCUT2D eigenvalue weighted by Gasteiger charge is 2.10. The summed E-state index contributed by atoms with van der Waals surface area (Å²) in [7, 11) is 0. The highest BCUT2D eigenvalue weighted by Crippen LogP contribution is 2.21. The predicted octanol–water partition coefficient (Wildman–Crippen LogP) is 4.82. The second kappa shape index (κ2) is 7.33. The van der Waals surface area contributed by atoms with E-state index in [-0.39, 0.29) is 12.2 Å². The Bertz CT molecular complexity index is 638. The third-order valence-electron chi connectivity index (χ3n) is 2.99. The van der Waals surface area contributed by atoms with Gasteiger partial charge in [0.25, 0.3) is 6.43 Å². The van der Waals surface area contributed by atoms with Gasteiger partial charge in [0.1, 0.15) is 6.61 Å². The fourth-order valence-corrected chi connectivity index (χ4v) is 1.89. The number of nitrogens with zero attached hydrogens (tertiary/aromatic N) is 1. The Morgan fingerprint density at radius 1 is 1.05 bits per heavy atom. The molecule has 0 amide bonds. The number of halogens is 2. The van der Waals surface area contributed by atoms with Crippen LogP contribution in [0.1, 0.15) is 28.7 Å². The van der Waals surface area contributed by atoms with Crippen molar-refractivity contribution < 1.29 is 13.6 Å². The quantitative estimate of drug-likeness (QED) is 0.551. The molecule has 0 aliphatic heterocycles. The van der Waals surface area contributed by atoms with Crippen LogP contribution in [0.4, 0.5) is 8.78 Å². The topological polar surface area (TPSA) is 21.6 Å². The zero-order valence-electron chi connectivity index (χ0n) is 11.4. The number of rotatable bonds is 6. The molecule has 0 aromatic heterocycles. The molecule has 0 radical (unpaired) electrons. The van der Waals surface area contributed by atoms with Crippen molar-refractivity contribution in [3.8, 4) is 0 Å². The molecule has 2 aromatic carbocycles. The summed E-state index contributed by atoms with van der Waals surface area (Å²) >= 11 is 0. The minimum absolute atomic E-state index is 0.0589. The molecule has 0 spiro atoms. The van der Waals surface area contributed by atoms with E-state index in [2.05, 4.69) is 11.7 Å². The lowest BCUT2D eigenvalue weighted by atomic mass is 10.1. The molecular formula is C17H15F2NO. The summed E-state index contributed by atoms with van der Waals surface area (Å²) in [6.07, 6.45) is 0.501. The normalized spacial score (nSPS) is 11.0. The molecule has 0 saturated heterocycles. The van der Waals surface area contributed by atoms with E-state index in [4.69, 9.17) is 4.84 Å². The number of hydrogen-bond acceptors (Lipinski definition) is 2. The Kier molecular flexibility index (Phi) is 5.21. The van der Waals surface area contributed by atoms with E-state index in [0.717, 1.165) is 11.1 Å². The van der Waals surface area contributed by atoms with Crippen molar-refractivity contribution in [3.63, 3.8) is 0 Å². The summed E-state index contributed by atoms with van der Waals surface area (Å²) in [6.45, 7) is 3.98. The monoisotopic (exact) mass is 287 g/mol. The largest absolute Gasteiger partial charge is 0.391 e. The Labute approximate surface area is 122 Å². The lowest BCUT2D eigenvalue weighted by molar-refractivity contribution is 0.131. The van der Waals surface area contributed by atoms with Gasteiger partial charge < -0.3 is 4.84 Å². The maximum absolute atomic E-state index is 12.8. The molecule has 2 aromatic rings. The second-order valence-electron chi connectivity index (χ2n) is 4.34. The minimum atomic E-state index is -2.53. The molecule has 108 valence electrons. The van der Waals surface area contributed by atoms with Crippen LogP contribution in [0.5, 0.6) is 0 Å². The van der Waals surface area contributed by atoms with E-state index in [1.165, 1.54) is 12.3 Å². The van der Waals surface area contributed by atoms with Crippen molar-refractivity contribution in [2.24, 2.45) is 5.16 Å². The van der Waals surface area contributed by atoms with Gasteiger partial charge in [-0.15, -0.1) is 0 Å². The van der Waals surface area contributed by atoms with Crippen LogP contribution in [-0.2, 0) is 11.4 Å². The molecular weight excluding hydrogens is 272 g/mol. The highest BCUT2D eigenvalue weighted by molar-refractivity contribution is 5.81. The maximum Gasteiger partial charge on any atom is 0.264 e. The maximum atomic E-state index is 12.8. The van der Waals surface area contributed by atoms with Crippen LogP contribution in [0.15, 0.2) is 60.3 Å². The Balaban J connectivity index is 2.02. The van der Waals surface area contributed by atoms with Crippen molar-refractivity contribution in [2.75, 3.05) is 0 Å². The molecule has 0 atom stereocenters. The first-order valence-corrected chi connectivity index (χ1v) is 6.45. The molecule has 21 heavy (non-hydrogen) atoms. The van der Waals surface area contributed by atoms with Gasteiger partial charge in [0, 0.05) is 11.1 Å². The zero-order chi connectivity index (χ0) is 15.1. The van der Waals surface area contributed by atoms with E-state index in [1.807, 2.05) is 24.3 Å². The van der Waals surface area contributed by atoms with Crippen LogP contribution >= 0.6 is 0 Å². The van der Waals surface area contributed by atoms with Crippen molar-refractivity contribution in [1.29, 1.82) is 0 Å². The molecule has 0 heterocycles. The molecule has 0 unspecified atom stereocenters. The summed E-state index contributed by atoms with van der Waals surface area (Å²) in [5, 5.41) is 3.76. The van der Waals surface area contributed by atoms with Gasteiger partial charge >= 0.3 is 0 Å². The minimum Gasteiger partial charge on any atom is -0.391 e. The van der Waals surface area contributed by atoms with Gasteiger partial charge in [0.05, 0.1) is 6.21 Å².